The number of para-hydroxylation sites is 1. The minimum Gasteiger partial charge on any atom is -0.348 e. The first-order valence-electron chi connectivity index (χ1n) is 4.56. The average molecular weight is 281 g/mol. The predicted octanol–water partition coefficient (Wildman–Crippen LogP) is 0.763. The molecule has 0 spiro atoms. The average Bonchev–Trinajstić information content (AvgIpc) is 2.14. The molecule has 0 atom stereocenters. The Hall–Kier alpha value is -0.680. The van der Waals surface area contributed by atoms with Gasteiger partial charge in [0.2, 0.25) is 0 Å². The minimum absolute atomic E-state index is 0.346. The third-order valence-electron chi connectivity index (χ3n) is 1.83. The second kappa shape index (κ2) is 5.31. The molecule has 0 aliphatic rings. The van der Waals surface area contributed by atoms with Gasteiger partial charge in [0.1, 0.15) is 12.6 Å². The van der Waals surface area contributed by atoms with Crippen LogP contribution in [0.15, 0.2) is 30.3 Å². The summed E-state index contributed by atoms with van der Waals surface area (Å²) in [5.41, 5.74) is 0.346. The molecule has 0 aromatic heterocycles. The van der Waals surface area contributed by atoms with E-state index < -0.39 is 27.8 Å². The topological polar surface area (TPSA) is 118 Å². The van der Waals surface area contributed by atoms with Crippen LogP contribution in [-0.4, -0.2) is 32.1 Å². The second-order valence-electron chi connectivity index (χ2n) is 3.49. The van der Waals surface area contributed by atoms with Gasteiger partial charge in [0.25, 0.3) is 0 Å². The zero-order valence-electron chi connectivity index (χ0n) is 8.75. The van der Waals surface area contributed by atoms with Gasteiger partial charge in [-0.05, 0) is 12.1 Å². The molecule has 1 aromatic carbocycles. The van der Waals surface area contributed by atoms with E-state index in [2.05, 4.69) is 0 Å². The molecule has 0 fully saturated rings. The third kappa shape index (κ3) is 5.98. The van der Waals surface area contributed by atoms with Crippen molar-refractivity contribution in [3.63, 3.8) is 0 Å². The Labute approximate surface area is 98.0 Å². The van der Waals surface area contributed by atoms with E-state index in [1.54, 1.807) is 18.2 Å². The quantitative estimate of drug-likeness (QED) is 0.588. The predicted molar refractivity (Wildman–Crippen MR) is 62.7 cm³/mol. The van der Waals surface area contributed by atoms with Crippen molar-refractivity contribution in [2.24, 2.45) is 0 Å². The van der Waals surface area contributed by atoms with Crippen molar-refractivity contribution in [1.29, 1.82) is 0 Å². The molecule has 1 aromatic rings. The summed E-state index contributed by atoms with van der Waals surface area (Å²) in [6, 6.07) is 7.96. The van der Waals surface area contributed by atoms with Crippen LogP contribution in [0, 0.1) is 0 Å². The highest BCUT2D eigenvalue weighted by atomic mass is 31.2. The van der Waals surface area contributed by atoms with E-state index in [-0.39, 0.29) is 0 Å². The fourth-order valence-corrected chi connectivity index (χ4v) is 2.87. The molecular weight excluding hydrogens is 268 g/mol. The third-order valence-corrected chi connectivity index (χ3v) is 3.25. The summed E-state index contributed by atoms with van der Waals surface area (Å²) in [7, 11) is -8.78. The molecule has 0 saturated carbocycles. The second-order valence-corrected chi connectivity index (χ2v) is 6.71. The van der Waals surface area contributed by atoms with Crippen LogP contribution in [-0.2, 0) is 9.13 Å². The number of nitrogens with zero attached hydrogens (tertiary/aromatic N) is 1. The molecule has 4 N–H and O–H groups in total. The summed E-state index contributed by atoms with van der Waals surface area (Å²) >= 11 is 0. The summed E-state index contributed by atoms with van der Waals surface area (Å²) in [4.78, 5) is 36.4. The first kappa shape index (κ1) is 14.4. The highest BCUT2D eigenvalue weighted by Gasteiger charge is 2.25. The van der Waals surface area contributed by atoms with Gasteiger partial charge >= 0.3 is 15.2 Å². The van der Waals surface area contributed by atoms with Gasteiger partial charge in [0.05, 0.1) is 0 Å². The van der Waals surface area contributed by atoms with Gasteiger partial charge in [-0.3, -0.25) is 9.13 Å². The van der Waals surface area contributed by atoms with Crippen LogP contribution >= 0.6 is 15.2 Å². The van der Waals surface area contributed by atoms with Crippen molar-refractivity contribution < 1.29 is 28.7 Å². The maximum atomic E-state index is 10.9. The smallest absolute Gasteiger partial charge is 0.344 e. The number of hydrogen-bond acceptors (Lipinski definition) is 3. The molecule has 0 radical (unpaired) electrons. The van der Waals surface area contributed by atoms with Gasteiger partial charge < -0.3 is 24.5 Å². The maximum Gasteiger partial charge on any atom is 0.344 e. The van der Waals surface area contributed by atoms with Crippen molar-refractivity contribution in [3.8, 4) is 0 Å². The highest BCUT2D eigenvalue weighted by Crippen LogP contribution is 2.42. The van der Waals surface area contributed by atoms with E-state index in [0.29, 0.717) is 5.69 Å². The SMILES string of the molecule is O=P(O)(O)CN(CP(=O)(O)O)c1ccccc1. The molecule has 0 unspecified atom stereocenters. The maximum absolute atomic E-state index is 10.9. The lowest BCUT2D eigenvalue weighted by Crippen LogP contribution is -2.25. The van der Waals surface area contributed by atoms with Gasteiger partial charge in [0.15, 0.2) is 0 Å². The van der Waals surface area contributed by atoms with Crippen LogP contribution < -0.4 is 4.90 Å². The summed E-state index contributed by atoms with van der Waals surface area (Å²) in [5.74, 6) is 0. The molecule has 0 aliphatic heterocycles. The summed E-state index contributed by atoms with van der Waals surface area (Å²) < 4.78 is 21.8. The Kier molecular flexibility index (Phi) is 4.49. The largest absolute Gasteiger partial charge is 0.348 e. The van der Waals surface area contributed by atoms with Gasteiger partial charge in [-0.15, -0.1) is 0 Å². The van der Waals surface area contributed by atoms with Crippen LogP contribution in [0.2, 0.25) is 0 Å². The number of rotatable bonds is 5. The van der Waals surface area contributed by atoms with Crippen molar-refractivity contribution >= 4 is 20.9 Å². The zero-order valence-corrected chi connectivity index (χ0v) is 10.5. The minimum atomic E-state index is -4.39. The molecule has 0 aliphatic carbocycles. The lowest BCUT2D eigenvalue weighted by Gasteiger charge is -2.25. The van der Waals surface area contributed by atoms with E-state index in [1.165, 1.54) is 12.1 Å². The fourth-order valence-electron chi connectivity index (χ4n) is 1.29. The van der Waals surface area contributed by atoms with Crippen molar-refractivity contribution in [1.82, 2.24) is 0 Å². The van der Waals surface area contributed by atoms with E-state index >= 15 is 0 Å². The lowest BCUT2D eigenvalue weighted by atomic mass is 10.3. The van der Waals surface area contributed by atoms with E-state index in [1.807, 2.05) is 0 Å². The summed E-state index contributed by atoms with van der Waals surface area (Å²) in [6.07, 6.45) is -1.47. The Bertz CT molecular complexity index is 428. The molecule has 17 heavy (non-hydrogen) atoms. The number of benzene rings is 1. The van der Waals surface area contributed by atoms with Crippen molar-refractivity contribution in [3.05, 3.63) is 30.3 Å². The lowest BCUT2D eigenvalue weighted by molar-refractivity contribution is 0.366. The Morgan fingerprint density at radius 1 is 0.882 bits per heavy atom. The van der Waals surface area contributed by atoms with Crippen molar-refractivity contribution in [2.45, 2.75) is 0 Å². The zero-order chi connectivity index (χ0) is 13.1. The molecule has 0 heterocycles. The summed E-state index contributed by atoms with van der Waals surface area (Å²) in [5, 5.41) is 0. The van der Waals surface area contributed by atoms with E-state index in [0.717, 1.165) is 4.90 Å². The van der Waals surface area contributed by atoms with Crippen LogP contribution in [0.5, 0.6) is 0 Å². The Balaban J connectivity index is 2.95. The first-order chi connectivity index (χ1) is 7.67. The van der Waals surface area contributed by atoms with Gasteiger partial charge in [0, 0.05) is 5.69 Å². The van der Waals surface area contributed by atoms with Gasteiger partial charge in [-0.2, -0.15) is 0 Å². The van der Waals surface area contributed by atoms with E-state index in [9.17, 15) is 9.13 Å². The fraction of sp³-hybridized carbons (Fsp3) is 0.250. The Morgan fingerprint density at radius 3 is 1.65 bits per heavy atom. The van der Waals surface area contributed by atoms with Gasteiger partial charge in [-0.1, -0.05) is 18.2 Å². The van der Waals surface area contributed by atoms with Crippen molar-refractivity contribution in [2.75, 3.05) is 17.5 Å². The normalized spacial score (nSPS) is 12.5. The van der Waals surface area contributed by atoms with E-state index in [4.69, 9.17) is 19.6 Å². The number of hydrogen-bond donors (Lipinski definition) is 4. The van der Waals surface area contributed by atoms with Crippen LogP contribution in [0.25, 0.3) is 0 Å². The Morgan fingerprint density at radius 2 is 1.29 bits per heavy atom. The summed E-state index contributed by atoms with van der Waals surface area (Å²) in [6.45, 7) is 0. The van der Waals surface area contributed by atoms with Crippen LogP contribution in [0.1, 0.15) is 0 Å². The highest BCUT2D eigenvalue weighted by molar-refractivity contribution is 7.53. The molecule has 0 bridgehead atoms. The molecule has 1 rings (SSSR count). The molecule has 0 saturated heterocycles. The molecule has 9 heteroatoms. The molecule has 7 nitrogen and oxygen atoms in total. The standard InChI is InChI=1S/C8H13NO6P2/c10-16(11,12)6-9(7-17(13,14)15)8-4-2-1-3-5-8/h1-5H,6-7H2,(H2,10,11,12)(H2,13,14,15). The van der Waals surface area contributed by atoms with Crippen LogP contribution in [0.3, 0.4) is 0 Å². The molecular formula is C8H13NO6P2. The molecule has 0 amide bonds. The van der Waals surface area contributed by atoms with Crippen LogP contribution in [0.4, 0.5) is 5.69 Å². The van der Waals surface area contributed by atoms with Gasteiger partial charge in [-0.25, -0.2) is 0 Å². The first-order valence-corrected chi connectivity index (χ1v) is 8.16. The molecule has 96 valence electrons. The number of anilines is 1. The monoisotopic (exact) mass is 281 g/mol.